The summed E-state index contributed by atoms with van der Waals surface area (Å²) in [7, 11) is 0. The largest absolute Gasteiger partial charge is 0.481 e. The Morgan fingerprint density at radius 3 is 2.65 bits per heavy atom. The molecule has 1 heterocycles. The first kappa shape index (κ1) is 19.9. The third kappa shape index (κ3) is 6.83. The number of carboxylic acids is 1. The van der Waals surface area contributed by atoms with Crippen LogP contribution in [0, 0.1) is 0 Å². The number of hydrogen-bond donors (Lipinski definition) is 1. The number of pyridine rings is 1. The summed E-state index contributed by atoms with van der Waals surface area (Å²) in [6, 6.07) is 12.8. The van der Waals surface area contributed by atoms with E-state index in [1.54, 1.807) is 6.20 Å². The Morgan fingerprint density at radius 1 is 1.08 bits per heavy atom. The Labute approximate surface area is 156 Å². The van der Waals surface area contributed by atoms with Gasteiger partial charge < -0.3 is 5.11 Å². The maximum atomic E-state index is 10.7. The second-order valence-corrected chi connectivity index (χ2v) is 6.66. The van der Waals surface area contributed by atoms with Gasteiger partial charge in [-0.3, -0.25) is 9.78 Å². The molecule has 0 saturated heterocycles. The lowest BCUT2D eigenvalue weighted by Crippen LogP contribution is -1.94. The van der Waals surface area contributed by atoms with E-state index in [9.17, 15) is 4.79 Å². The molecule has 3 heteroatoms. The van der Waals surface area contributed by atoms with Gasteiger partial charge in [-0.2, -0.15) is 0 Å². The van der Waals surface area contributed by atoms with Crippen molar-refractivity contribution in [2.75, 3.05) is 0 Å². The second kappa shape index (κ2) is 11.2. The topological polar surface area (TPSA) is 50.2 Å². The third-order valence-corrected chi connectivity index (χ3v) is 4.47. The highest BCUT2D eigenvalue weighted by molar-refractivity contribution is 5.79. The van der Waals surface area contributed by atoms with E-state index >= 15 is 0 Å². The van der Waals surface area contributed by atoms with E-state index in [4.69, 9.17) is 5.11 Å². The molecule has 1 N–H and O–H groups in total. The van der Waals surface area contributed by atoms with Crippen molar-refractivity contribution in [2.45, 2.75) is 58.3 Å². The van der Waals surface area contributed by atoms with E-state index in [0.29, 0.717) is 6.42 Å². The van der Waals surface area contributed by atoms with E-state index in [2.05, 4.69) is 48.3 Å². The molecule has 0 fully saturated rings. The molecule has 138 valence electrons. The highest BCUT2D eigenvalue weighted by atomic mass is 16.4. The second-order valence-electron chi connectivity index (χ2n) is 6.66. The smallest absolute Gasteiger partial charge is 0.303 e. The van der Waals surface area contributed by atoms with Crippen molar-refractivity contribution in [3.63, 3.8) is 0 Å². The van der Waals surface area contributed by atoms with Crippen LogP contribution in [-0.2, 0) is 11.2 Å². The summed E-state index contributed by atoms with van der Waals surface area (Å²) in [6.45, 7) is 2.23. The normalized spacial score (nSPS) is 11.5. The molecule has 0 saturated carbocycles. The van der Waals surface area contributed by atoms with Gasteiger partial charge in [0.05, 0.1) is 0 Å². The van der Waals surface area contributed by atoms with E-state index in [1.165, 1.54) is 36.0 Å². The number of aryl methyl sites for hydroxylation is 1. The van der Waals surface area contributed by atoms with Gasteiger partial charge in [0.2, 0.25) is 0 Å². The molecule has 26 heavy (non-hydrogen) atoms. The van der Waals surface area contributed by atoms with Gasteiger partial charge in [-0.05, 0) is 54.9 Å². The zero-order valence-corrected chi connectivity index (χ0v) is 15.7. The number of carbonyl (C=O) groups is 1. The predicted octanol–water partition coefficient (Wildman–Crippen LogP) is 5.89. The highest BCUT2D eigenvalue weighted by Gasteiger charge is 2.06. The zero-order valence-electron chi connectivity index (χ0n) is 15.7. The van der Waals surface area contributed by atoms with Crippen molar-refractivity contribution in [3.05, 3.63) is 71.6 Å². The summed E-state index contributed by atoms with van der Waals surface area (Å²) in [4.78, 5) is 14.9. The minimum absolute atomic E-state index is 0.239. The Kier molecular flexibility index (Phi) is 8.61. The van der Waals surface area contributed by atoms with Gasteiger partial charge in [0, 0.05) is 24.4 Å². The predicted molar refractivity (Wildman–Crippen MR) is 107 cm³/mol. The van der Waals surface area contributed by atoms with Gasteiger partial charge in [0.1, 0.15) is 0 Å². The molecule has 2 rings (SSSR count). The first-order valence-corrected chi connectivity index (χ1v) is 9.62. The Morgan fingerprint density at radius 2 is 1.92 bits per heavy atom. The Bertz CT molecular complexity index is 707. The van der Waals surface area contributed by atoms with Crippen LogP contribution in [0.5, 0.6) is 0 Å². The van der Waals surface area contributed by atoms with Crippen LogP contribution in [0.1, 0.15) is 68.6 Å². The lowest BCUT2D eigenvalue weighted by atomic mass is 9.95. The first-order valence-electron chi connectivity index (χ1n) is 9.62. The summed E-state index contributed by atoms with van der Waals surface area (Å²) in [5.41, 5.74) is 4.88. The van der Waals surface area contributed by atoms with Crippen molar-refractivity contribution < 1.29 is 9.90 Å². The van der Waals surface area contributed by atoms with Crippen molar-refractivity contribution >= 4 is 11.5 Å². The molecule has 3 nitrogen and oxygen atoms in total. The maximum Gasteiger partial charge on any atom is 0.303 e. The number of rotatable bonds is 11. The van der Waals surface area contributed by atoms with Crippen LogP contribution in [-0.4, -0.2) is 16.1 Å². The number of hydrogen-bond acceptors (Lipinski definition) is 2. The molecule has 0 aliphatic rings. The maximum absolute atomic E-state index is 10.7. The number of unbranched alkanes of at least 4 members (excludes halogenated alkanes) is 4. The van der Waals surface area contributed by atoms with Crippen LogP contribution in [0.3, 0.4) is 0 Å². The summed E-state index contributed by atoms with van der Waals surface area (Å²) in [5.74, 6) is -0.721. The van der Waals surface area contributed by atoms with Gasteiger partial charge in [0.25, 0.3) is 0 Å². The van der Waals surface area contributed by atoms with Gasteiger partial charge in [-0.15, -0.1) is 0 Å². The minimum Gasteiger partial charge on any atom is -0.481 e. The number of aromatic nitrogens is 1. The molecule has 0 aliphatic carbocycles. The zero-order chi connectivity index (χ0) is 18.6. The molecule has 0 radical (unpaired) electrons. The number of nitrogens with zero attached hydrogens (tertiary/aromatic N) is 1. The minimum atomic E-state index is -0.721. The Balaban J connectivity index is 2.15. The van der Waals surface area contributed by atoms with Crippen LogP contribution in [0.4, 0.5) is 0 Å². The molecule has 0 atom stereocenters. The van der Waals surface area contributed by atoms with Gasteiger partial charge in [-0.25, -0.2) is 0 Å². The van der Waals surface area contributed by atoms with Crippen LogP contribution in [0.25, 0.3) is 5.57 Å². The third-order valence-electron chi connectivity index (χ3n) is 4.47. The van der Waals surface area contributed by atoms with Crippen molar-refractivity contribution in [2.24, 2.45) is 0 Å². The van der Waals surface area contributed by atoms with Gasteiger partial charge >= 0.3 is 5.97 Å². The molecule has 0 amide bonds. The quantitative estimate of drug-likeness (QED) is 0.513. The molecule has 1 aromatic heterocycles. The Hall–Kier alpha value is -2.42. The summed E-state index contributed by atoms with van der Waals surface area (Å²) in [5, 5.41) is 8.77. The van der Waals surface area contributed by atoms with Gasteiger partial charge in [0.15, 0.2) is 0 Å². The average molecular weight is 351 g/mol. The molecule has 0 spiro atoms. The lowest BCUT2D eigenvalue weighted by molar-refractivity contribution is -0.137. The summed E-state index contributed by atoms with van der Waals surface area (Å²) in [6.07, 6.45) is 13.4. The fraction of sp³-hybridized carbons (Fsp3) is 0.391. The average Bonchev–Trinajstić information content (AvgIpc) is 2.65. The molecular formula is C23H29NO2. The van der Waals surface area contributed by atoms with Crippen LogP contribution < -0.4 is 0 Å². The van der Waals surface area contributed by atoms with E-state index in [-0.39, 0.29) is 6.42 Å². The number of carboxylic acid groups (broad SMARTS) is 1. The molecule has 1 aromatic carbocycles. The lowest BCUT2D eigenvalue weighted by Gasteiger charge is -2.11. The summed E-state index contributed by atoms with van der Waals surface area (Å²) < 4.78 is 0. The molecule has 2 aromatic rings. The van der Waals surface area contributed by atoms with Crippen molar-refractivity contribution in [1.29, 1.82) is 0 Å². The fourth-order valence-electron chi connectivity index (χ4n) is 3.06. The van der Waals surface area contributed by atoms with Crippen LogP contribution in [0.15, 0.2) is 54.9 Å². The fourth-order valence-corrected chi connectivity index (χ4v) is 3.06. The molecule has 0 unspecified atom stereocenters. The number of aliphatic carboxylic acids is 1. The first-order chi connectivity index (χ1) is 12.7. The van der Waals surface area contributed by atoms with Crippen LogP contribution >= 0.6 is 0 Å². The monoisotopic (exact) mass is 351 g/mol. The number of allylic oxidation sites excluding steroid dienone is 1. The van der Waals surface area contributed by atoms with E-state index in [1.807, 2.05) is 12.3 Å². The molecular weight excluding hydrogens is 322 g/mol. The molecule has 0 aliphatic heterocycles. The van der Waals surface area contributed by atoms with Gasteiger partial charge in [-0.1, -0.05) is 56.2 Å². The summed E-state index contributed by atoms with van der Waals surface area (Å²) >= 11 is 0. The van der Waals surface area contributed by atoms with Crippen molar-refractivity contribution in [3.8, 4) is 0 Å². The highest BCUT2D eigenvalue weighted by Crippen LogP contribution is 2.25. The van der Waals surface area contributed by atoms with E-state index < -0.39 is 5.97 Å². The van der Waals surface area contributed by atoms with E-state index in [0.717, 1.165) is 24.8 Å². The standard InChI is InChI=1S/C23H29NO2/c1-2-3-5-10-19-11-8-12-20(17-19)22(21-13-9-16-24-18-21)14-6-4-7-15-23(25)26/h8-9,11-14,16-18H,2-7,10,15H2,1H3,(H,25,26). The van der Waals surface area contributed by atoms with Crippen molar-refractivity contribution in [1.82, 2.24) is 4.98 Å². The SMILES string of the molecule is CCCCCc1cccc(C(=CCCCCC(=O)O)c2cccnc2)c1. The molecule has 0 bridgehead atoms. The van der Waals surface area contributed by atoms with Crippen LogP contribution in [0.2, 0.25) is 0 Å². The number of benzene rings is 1.